The van der Waals surface area contributed by atoms with Crippen LogP contribution in [-0.2, 0) is 4.79 Å². The molecule has 1 amide bonds. The number of nitrogens with zero attached hydrogens (tertiary/aromatic N) is 2. The summed E-state index contributed by atoms with van der Waals surface area (Å²) < 4.78 is 28.2. The SMILES string of the molecule is CN1CCC(C(=O)Nc2n[nH]c3ccc(-c4c(F)cccc4F)cc23)CC1.Cl. The van der Waals surface area contributed by atoms with Gasteiger partial charge in [0.05, 0.1) is 11.1 Å². The van der Waals surface area contributed by atoms with Gasteiger partial charge in [0.25, 0.3) is 0 Å². The first-order valence-electron chi connectivity index (χ1n) is 8.95. The van der Waals surface area contributed by atoms with E-state index in [0.29, 0.717) is 22.3 Å². The number of likely N-dealkylation sites (tertiary alicyclic amines) is 1. The fourth-order valence-corrected chi connectivity index (χ4v) is 3.53. The van der Waals surface area contributed by atoms with E-state index in [0.717, 1.165) is 25.9 Å². The number of piperidine rings is 1. The molecule has 2 heterocycles. The number of aromatic amines is 1. The fraction of sp³-hybridized carbons (Fsp3) is 0.300. The highest BCUT2D eigenvalue weighted by Crippen LogP contribution is 2.31. The molecule has 0 unspecified atom stereocenters. The summed E-state index contributed by atoms with van der Waals surface area (Å²) in [6, 6.07) is 8.75. The van der Waals surface area contributed by atoms with Gasteiger partial charge in [0, 0.05) is 11.3 Å². The van der Waals surface area contributed by atoms with E-state index in [2.05, 4.69) is 20.4 Å². The van der Waals surface area contributed by atoms with Crippen LogP contribution < -0.4 is 5.32 Å². The van der Waals surface area contributed by atoms with Crippen molar-refractivity contribution in [1.29, 1.82) is 0 Å². The van der Waals surface area contributed by atoms with E-state index in [9.17, 15) is 13.6 Å². The topological polar surface area (TPSA) is 61.0 Å². The zero-order valence-electron chi connectivity index (χ0n) is 15.3. The standard InChI is InChI=1S/C20H20F2N4O.ClH/c1-26-9-7-12(8-10-26)20(27)23-19-14-11-13(5-6-17(14)24-25-19)18-15(21)3-2-4-16(18)22;/h2-6,11-12H,7-10H2,1H3,(H2,23,24,25,27);1H. The Bertz CT molecular complexity index is 979. The molecule has 2 aromatic carbocycles. The van der Waals surface area contributed by atoms with Gasteiger partial charge < -0.3 is 10.2 Å². The van der Waals surface area contributed by atoms with E-state index in [1.165, 1.54) is 18.2 Å². The predicted octanol–water partition coefficient (Wildman–Crippen LogP) is 4.21. The third kappa shape index (κ3) is 3.86. The number of nitrogens with one attached hydrogen (secondary N) is 2. The number of carbonyl (C=O) groups excluding carboxylic acids is 1. The lowest BCUT2D eigenvalue weighted by atomic mass is 9.96. The van der Waals surface area contributed by atoms with Crippen LogP contribution in [0.25, 0.3) is 22.0 Å². The van der Waals surface area contributed by atoms with E-state index in [-0.39, 0.29) is 29.8 Å². The van der Waals surface area contributed by atoms with E-state index in [1.54, 1.807) is 18.2 Å². The molecule has 0 spiro atoms. The van der Waals surface area contributed by atoms with Crippen molar-refractivity contribution in [3.63, 3.8) is 0 Å². The summed E-state index contributed by atoms with van der Waals surface area (Å²) in [7, 11) is 2.04. The smallest absolute Gasteiger partial charge is 0.228 e. The number of H-pyrrole nitrogens is 1. The number of hydrogen-bond donors (Lipinski definition) is 2. The average molecular weight is 407 g/mol. The van der Waals surface area contributed by atoms with Gasteiger partial charge in [0.15, 0.2) is 5.82 Å². The van der Waals surface area contributed by atoms with Crippen LogP contribution in [0.5, 0.6) is 0 Å². The highest BCUT2D eigenvalue weighted by atomic mass is 35.5. The summed E-state index contributed by atoms with van der Waals surface area (Å²) in [5.74, 6) is -1.00. The first-order valence-corrected chi connectivity index (χ1v) is 8.95. The number of amides is 1. The molecule has 0 saturated carbocycles. The summed E-state index contributed by atoms with van der Waals surface area (Å²) in [5, 5.41) is 10.5. The first kappa shape index (κ1) is 20.2. The van der Waals surface area contributed by atoms with Gasteiger partial charge >= 0.3 is 0 Å². The average Bonchev–Trinajstić information content (AvgIpc) is 3.04. The minimum atomic E-state index is -0.630. The van der Waals surface area contributed by atoms with Gasteiger partial charge in [-0.25, -0.2) is 8.78 Å². The third-order valence-electron chi connectivity index (χ3n) is 5.15. The lowest BCUT2D eigenvalue weighted by Crippen LogP contribution is -2.36. The normalized spacial score (nSPS) is 15.4. The number of anilines is 1. The van der Waals surface area contributed by atoms with Crippen molar-refractivity contribution in [3.8, 4) is 11.1 Å². The molecule has 28 heavy (non-hydrogen) atoms. The molecule has 0 atom stereocenters. The molecule has 1 fully saturated rings. The molecule has 0 bridgehead atoms. The van der Waals surface area contributed by atoms with Gasteiger partial charge in [-0.15, -0.1) is 12.4 Å². The van der Waals surface area contributed by atoms with Crippen LogP contribution in [0.1, 0.15) is 12.8 Å². The largest absolute Gasteiger partial charge is 0.308 e. The number of carbonyl (C=O) groups is 1. The number of halogens is 3. The van der Waals surface area contributed by atoms with Gasteiger partial charge in [0.2, 0.25) is 5.91 Å². The molecule has 8 heteroatoms. The number of benzene rings is 2. The molecule has 1 aliphatic heterocycles. The molecular weight excluding hydrogens is 386 g/mol. The fourth-order valence-electron chi connectivity index (χ4n) is 3.53. The quantitative estimate of drug-likeness (QED) is 0.685. The summed E-state index contributed by atoms with van der Waals surface area (Å²) in [6.07, 6.45) is 1.60. The minimum Gasteiger partial charge on any atom is -0.308 e. The Morgan fingerprint density at radius 3 is 2.54 bits per heavy atom. The van der Waals surface area contributed by atoms with Gasteiger partial charge in [-0.1, -0.05) is 12.1 Å². The highest BCUT2D eigenvalue weighted by Gasteiger charge is 2.24. The first-order chi connectivity index (χ1) is 13.0. The minimum absolute atomic E-state index is 0. The maximum atomic E-state index is 14.1. The molecule has 0 aliphatic carbocycles. The molecule has 3 aromatic rings. The number of aromatic nitrogens is 2. The Morgan fingerprint density at radius 1 is 1.18 bits per heavy atom. The number of hydrogen-bond acceptors (Lipinski definition) is 3. The van der Waals surface area contributed by atoms with Crippen molar-refractivity contribution in [3.05, 3.63) is 48.0 Å². The van der Waals surface area contributed by atoms with Crippen LogP contribution in [0.15, 0.2) is 36.4 Å². The summed E-state index contributed by atoms with van der Waals surface area (Å²) >= 11 is 0. The maximum absolute atomic E-state index is 14.1. The molecular formula is C20H21ClF2N4O. The van der Waals surface area contributed by atoms with Crippen molar-refractivity contribution in [2.75, 3.05) is 25.5 Å². The predicted molar refractivity (Wildman–Crippen MR) is 108 cm³/mol. The molecule has 4 rings (SSSR count). The Labute approximate surface area is 167 Å². The van der Waals surface area contributed by atoms with Crippen LogP contribution in [0, 0.1) is 17.6 Å². The second-order valence-electron chi connectivity index (χ2n) is 7.00. The Hall–Kier alpha value is -2.51. The number of rotatable bonds is 3. The summed E-state index contributed by atoms with van der Waals surface area (Å²) in [5.41, 5.74) is 0.997. The van der Waals surface area contributed by atoms with Gasteiger partial charge in [0.1, 0.15) is 11.6 Å². The lowest BCUT2D eigenvalue weighted by molar-refractivity contribution is -0.121. The molecule has 1 aliphatic rings. The van der Waals surface area contributed by atoms with Crippen LogP contribution in [0.2, 0.25) is 0 Å². The zero-order valence-corrected chi connectivity index (χ0v) is 16.2. The van der Waals surface area contributed by atoms with Crippen LogP contribution in [0.4, 0.5) is 14.6 Å². The molecule has 1 aromatic heterocycles. The molecule has 1 saturated heterocycles. The van der Waals surface area contributed by atoms with Gasteiger partial charge in [-0.3, -0.25) is 9.89 Å². The lowest BCUT2D eigenvalue weighted by Gasteiger charge is -2.27. The molecule has 148 valence electrons. The second-order valence-corrected chi connectivity index (χ2v) is 7.00. The number of fused-ring (bicyclic) bond motifs is 1. The Balaban J connectivity index is 0.00000225. The van der Waals surface area contributed by atoms with Gasteiger partial charge in [-0.05, 0) is 62.8 Å². The highest BCUT2D eigenvalue weighted by molar-refractivity contribution is 6.01. The van der Waals surface area contributed by atoms with E-state index >= 15 is 0 Å². The van der Waals surface area contributed by atoms with Crippen molar-refractivity contribution >= 4 is 35.0 Å². The van der Waals surface area contributed by atoms with Crippen molar-refractivity contribution in [2.45, 2.75) is 12.8 Å². The Morgan fingerprint density at radius 2 is 1.86 bits per heavy atom. The summed E-state index contributed by atoms with van der Waals surface area (Å²) in [4.78, 5) is 14.8. The van der Waals surface area contributed by atoms with Crippen LogP contribution in [0.3, 0.4) is 0 Å². The monoisotopic (exact) mass is 406 g/mol. The maximum Gasteiger partial charge on any atom is 0.228 e. The van der Waals surface area contributed by atoms with Crippen LogP contribution >= 0.6 is 12.4 Å². The zero-order chi connectivity index (χ0) is 19.0. The molecule has 2 N–H and O–H groups in total. The van der Waals surface area contributed by atoms with Gasteiger partial charge in [-0.2, -0.15) is 5.10 Å². The third-order valence-corrected chi connectivity index (χ3v) is 5.15. The van der Waals surface area contributed by atoms with E-state index in [4.69, 9.17) is 0 Å². The second kappa shape index (κ2) is 8.24. The molecule has 0 radical (unpaired) electrons. The Kier molecular flexibility index (Phi) is 5.96. The molecule has 5 nitrogen and oxygen atoms in total. The van der Waals surface area contributed by atoms with Crippen molar-refractivity contribution in [1.82, 2.24) is 15.1 Å². The van der Waals surface area contributed by atoms with Crippen molar-refractivity contribution < 1.29 is 13.6 Å². The van der Waals surface area contributed by atoms with Crippen molar-refractivity contribution in [2.24, 2.45) is 5.92 Å². The van der Waals surface area contributed by atoms with E-state index in [1.807, 2.05) is 7.05 Å². The summed E-state index contributed by atoms with van der Waals surface area (Å²) in [6.45, 7) is 1.77. The van der Waals surface area contributed by atoms with E-state index < -0.39 is 11.6 Å². The van der Waals surface area contributed by atoms with Crippen LogP contribution in [-0.4, -0.2) is 41.1 Å².